The first-order valence-corrected chi connectivity index (χ1v) is 13.8. The summed E-state index contributed by atoms with van der Waals surface area (Å²) in [7, 11) is -4.27. The number of sulfonamides is 1. The van der Waals surface area contributed by atoms with Crippen LogP contribution in [-0.4, -0.2) is 23.2 Å². The summed E-state index contributed by atoms with van der Waals surface area (Å²) in [5.74, 6) is 0.850. The number of thioether (sulfide) groups is 1. The third-order valence-corrected chi connectivity index (χ3v) is 8.09. The van der Waals surface area contributed by atoms with Crippen molar-refractivity contribution in [2.24, 2.45) is 0 Å². The largest absolute Gasteiger partial charge is 0.416 e. The van der Waals surface area contributed by atoms with Crippen molar-refractivity contribution in [3.8, 4) is 5.69 Å². The molecule has 0 fully saturated rings. The topological polar surface area (TPSA) is 76.9 Å². The van der Waals surface area contributed by atoms with Gasteiger partial charge in [-0.15, -0.1) is 10.2 Å². The first-order valence-electron chi connectivity index (χ1n) is 11.0. The predicted molar refractivity (Wildman–Crippen MR) is 137 cm³/mol. The standard InChI is InChI=1S/C25H22ClF3N4O2S2/c1-16-5-3-6-18(11-16)15-36-24-32-31-23(33(24)22-13-20(26)10-9-17(22)2)14-30-37(34,35)21-8-4-7-19(12-21)25(27,28)29/h3-13,30H,14-15H2,1-2H3. The van der Waals surface area contributed by atoms with E-state index >= 15 is 0 Å². The number of aromatic nitrogens is 3. The quantitative estimate of drug-likeness (QED) is 0.252. The molecule has 1 N–H and O–H groups in total. The first kappa shape index (κ1) is 27.2. The van der Waals surface area contributed by atoms with Gasteiger partial charge in [0.1, 0.15) is 0 Å². The molecular weight excluding hydrogens is 545 g/mol. The van der Waals surface area contributed by atoms with Gasteiger partial charge in [0.15, 0.2) is 11.0 Å². The lowest BCUT2D eigenvalue weighted by Crippen LogP contribution is -2.25. The highest BCUT2D eigenvalue weighted by Crippen LogP contribution is 2.31. The molecule has 4 rings (SSSR count). The van der Waals surface area contributed by atoms with Crippen LogP contribution in [0.25, 0.3) is 5.69 Å². The van der Waals surface area contributed by atoms with E-state index in [0.717, 1.165) is 34.9 Å². The fraction of sp³-hybridized carbons (Fsp3) is 0.200. The zero-order valence-corrected chi connectivity index (χ0v) is 22.1. The normalized spacial score (nSPS) is 12.2. The molecule has 6 nitrogen and oxygen atoms in total. The highest BCUT2D eigenvalue weighted by molar-refractivity contribution is 7.98. The van der Waals surface area contributed by atoms with Crippen LogP contribution in [0.5, 0.6) is 0 Å². The molecular formula is C25H22ClF3N4O2S2. The van der Waals surface area contributed by atoms with E-state index in [1.807, 2.05) is 38.1 Å². The number of hydrogen-bond donors (Lipinski definition) is 1. The van der Waals surface area contributed by atoms with Gasteiger partial charge in [0.2, 0.25) is 10.0 Å². The first-order chi connectivity index (χ1) is 17.4. The van der Waals surface area contributed by atoms with Gasteiger partial charge in [0.25, 0.3) is 0 Å². The van der Waals surface area contributed by atoms with E-state index in [0.29, 0.717) is 27.7 Å². The molecule has 1 aromatic heterocycles. The van der Waals surface area contributed by atoms with E-state index in [9.17, 15) is 21.6 Å². The van der Waals surface area contributed by atoms with Crippen molar-refractivity contribution < 1.29 is 21.6 Å². The maximum absolute atomic E-state index is 13.1. The Morgan fingerprint density at radius 3 is 2.49 bits per heavy atom. The Balaban J connectivity index is 1.65. The minimum atomic E-state index is -4.67. The average Bonchev–Trinajstić information content (AvgIpc) is 3.25. The Morgan fingerprint density at radius 1 is 1.00 bits per heavy atom. The molecule has 0 aliphatic carbocycles. The third kappa shape index (κ3) is 6.53. The van der Waals surface area contributed by atoms with E-state index in [1.54, 1.807) is 16.7 Å². The Morgan fingerprint density at radius 2 is 1.76 bits per heavy atom. The summed E-state index contributed by atoms with van der Waals surface area (Å²) >= 11 is 7.66. The molecule has 12 heteroatoms. The Hall–Kier alpha value is -2.86. The van der Waals surface area contributed by atoms with Crippen LogP contribution >= 0.6 is 23.4 Å². The number of nitrogens with one attached hydrogen (secondary N) is 1. The van der Waals surface area contributed by atoms with Gasteiger partial charge in [-0.2, -0.15) is 13.2 Å². The van der Waals surface area contributed by atoms with Crippen LogP contribution in [0.15, 0.2) is 76.8 Å². The van der Waals surface area contributed by atoms with Gasteiger partial charge in [-0.05, 0) is 55.3 Å². The SMILES string of the molecule is Cc1cccc(CSc2nnc(CNS(=O)(=O)c3cccc(C(F)(F)F)c3)n2-c2cc(Cl)ccc2C)c1. The van der Waals surface area contributed by atoms with Crippen LogP contribution in [0, 0.1) is 13.8 Å². The number of benzene rings is 3. The van der Waals surface area contributed by atoms with Gasteiger partial charge in [0, 0.05) is 10.8 Å². The van der Waals surface area contributed by atoms with E-state index in [2.05, 4.69) is 21.0 Å². The van der Waals surface area contributed by atoms with Crippen molar-refractivity contribution in [2.45, 2.75) is 42.4 Å². The fourth-order valence-corrected chi connectivity index (χ4v) is 5.70. The van der Waals surface area contributed by atoms with Gasteiger partial charge >= 0.3 is 6.18 Å². The van der Waals surface area contributed by atoms with Gasteiger partial charge in [-0.25, -0.2) is 13.1 Å². The minimum absolute atomic E-state index is 0.257. The molecule has 4 aromatic rings. The highest BCUT2D eigenvalue weighted by Gasteiger charge is 2.31. The van der Waals surface area contributed by atoms with Gasteiger partial charge < -0.3 is 0 Å². The summed E-state index contributed by atoms with van der Waals surface area (Å²) in [6, 6.07) is 16.9. The number of alkyl halides is 3. The van der Waals surface area contributed by atoms with Crippen LogP contribution < -0.4 is 4.72 Å². The smallest absolute Gasteiger partial charge is 0.273 e. The molecule has 194 valence electrons. The highest BCUT2D eigenvalue weighted by atomic mass is 35.5. The lowest BCUT2D eigenvalue weighted by molar-refractivity contribution is -0.137. The van der Waals surface area contributed by atoms with E-state index in [1.165, 1.54) is 11.8 Å². The van der Waals surface area contributed by atoms with Crippen molar-refractivity contribution >= 4 is 33.4 Å². The number of aryl methyl sites for hydroxylation is 2. The van der Waals surface area contributed by atoms with Crippen LogP contribution in [0.1, 0.15) is 28.1 Å². The molecule has 0 amide bonds. The number of halogens is 4. The monoisotopic (exact) mass is 566 g/mol. The fourth-order valence-electron chi connectivity index (χ4n) is 3.61. The van der Waals surface area contributed by atoms with E-state index < -0.39 is 26.7 Å². The second-order valence-electron chi connectivity index (χ2n) is 8.29. The van der Waals surface area contributed by atoms with Gasteiger partial charge in [-0.3, -0.25) is 4.57 Å². The molecule has 0 unspecified atom stereocenters. The van der Waals surface area contributed by atoms with Gasteiger partial charge in [0.05, 0.1) is 22.7 Å². The van der Waals surface area contributed by atoms with E-state index in [4.69, 9.17) is 11.6 Å². The average molecular weight is 567 g/mol. The summed E-state index contributed by atoms with van der Waals surface area (Å²) in [5, 5.41) is 9.44. The van der Waals surface area contributed by atoms with Crippen molar-refractivity contribution in [2.75, 3.05) is 0 Å². The number of nitrogens with zero attached hydrogens (tertiary/aromatic N) is 3. The van der Waals surface area contributed by atoms with Crippen molar-refractivity contribution in [1.82, 2.24) is 19.5 Å². The second kappa shape index (κ2) is 10.9. The number of rotatable bonds is 8. The molecule has 0 atom stereocenters. The molecule has 0 aliphatic rings. The number of hydrogen-bond acceptors (Lipinski definition) is 5. The van der Waals surface area contributed by atoms with Crippen molar-refractivity contribution in [1.29, 1.82) is 0 Å². The minimum Gasteiger partial charge on any atom is -0.273 e. The van der Waals surface area contributed by atoms with Crippen LogP contribution in [0.2, 0.25) is 5.02 Å². The molecule has 0 bridgehead atoms. The summed E-state index contributed by atoms with van der Waals surface area (Å²) in [6.45, 7) is 3.57. The van der Waals surface area contributed by atoms with Crippen LogP contribution in [0.3, 0.4) is 0 Å². The summed E-state index contributed by atoms with van der Waals surface area (Å²) in [4.78, 5) is -0.499. The molecule has 0 spiro atoms. The van der Waals surface area contributed by atoms with Crippen molar-refractivity contribution in [3.63, 3.8) is 0 Å². The molecule has 0 saturated carbocycles. The Kier molecular flexibility index (Phi) is 7.98. The summed E-state index contributed by atoms with van der Waals surface area (Å²) in [6.07, 6.45) is -4.67. The zero-order chi connectivity index (χ0) is 26.8. The molecule has 1 heterocycles. The summed E-state index contributed by atoms with van der Waals surface area (Å²) in [5.41, 5.74) is 2.66. The van der Waals surface area contributed by atoms with Crippen LogP contribution in [0.4, 0.5) is 13.2 Å². The molecule has 3 aromatic carbocycles. The molecule has 37 heavy (non-hydrogen) atoms. The molecule has 0 saturated heterocycles. The Labute approximate surface area is 221 Å². The predicted octanol–water partition coefficient (Wildman–Crippen LogP) is 6.33. The lowest BCUT2D eigenvalue weighted by Gasteiger charge is -2.14. The third-order valence-electron chi connectivity index (χ3n) is 5.45. The van der Waals surface area contributed by atoms with Gasteiger partial charge in [-0.1, -0.05) is 65.3 Å². The molecule has 0 aliphatic heterocycles. The second-order valence-corrected chi connectivity index (χ2v) is 11.4. The van der Waals surface area contributed by atoms with E-state index in [-0.39, 0.29) is 12.4 Å². The lowest BCUT2D eigenvalue weighted by atomic mass is 10.2. The summed E-state index contributed by atoms with van der Waals surface area (Å²) < 4.78 is 69.0. The Bertz CT molecular complexity index is 1540. The maximum Gasteiger partial charge on any atom is 0.416 e. The maximum atomic E-state index is 13.1. The zero-order valence-electron chi connectivity index (χ0n) is 19.8. The van der Waals surface area contributed by atoms with Crippen molar-refractivity contribution in [3.05, 3.63) is 99.8 Å². The van der Waals surface area contributed by atoms with Crippen LogP contribution in [-0.2, 0) is 28.5 Å². The molecule has 0 radical (unpaired) electrons.